The Morgan fingerprint density at radius 1 is 1.33 bits per heavy atom. The van der Waals surface area contributed by atoms with E-state index in [1.807, 2.05) is 0 Å². The van der Waals surface area contributed by atoms with Crippen molar-refractivity contribution in [3.05, 3.63) is 23.8 Å². The molecule has 0 saturated heterocycles. The van der Waals surface area contributed by atoms with Crippen LogP contribution in [0.3, 0.4) is 0 Å². The molecule has 1 rings (SSSR count). The molecule has 1 aromatic rings. The van der Waals surface area contributed by atoms with E-state index in [1.54, 1.807) is 20.9 Å². The van der Waals surface area contributed by atoms with Gasteiger partial charge in [-0.3, -0.25) is 0 Å². The van der Waals surface area contributed by atoms with Crippen molar-refractivity contribution in [3.8, 4) is 11.8 Å². The lowest BCUT2D eigenvalue weighted by molar-refractivity contribution is 0.382. The number of nitriles is 1. The van der Waals surface area contributed by atoms with Gasteiger partial charge >= 0.3 is 0 Å². The van der Waals surface area contributed by atoms with Crippen molar-refractivity contribution in [1.29, 1.82) is 5.26 Å². The maximum Gasteiger partial charge on any atom is 0.167 e. The number of nitrogens with zero attached hydrogens (tertiary/aromatic N) is 2. The first-order chi connectivity index (χ1) is 8.30. The highest BCUT2D eigenvalue weighted by Crippen LogP contribution is 2.28. The van der Waals surface area contributed by atoms with Crippen LogP contribution in [0.5, 0.6) is 5.75 Å². The molecular weight excluding hydrogens is 238 g/mol. The van der Waals surface area contributed by atoms with Crippen LogP contribution in [0.25, 0.3) is 0 Å². The van der Waals surface area contributed by atoms with Gasteiger partial charge in [-0.25, -0.2) is 8.78 Å². The zero-order valence-corrected chi connectivity index (χ0v) is 10.9. The van der Waals surface area contributed by atoms with E-state index in [4.69, 9.17) is 10.00 Å². The molecule has 5 heteroatoms. The normalized spacial score (nSPS) is 10.9. The number of methoxy groups -OCH3 is 1. The summed E-state index contributed by atoms with van der Waals surface area (Å²) in [5.74, 6) is -1.34. The van der Waals surface area contributed by atoms with E-state index < -0.39 is 17.0 Å². The van der Waals surface area contributed by atoms with E-state index in [-0.39, 0.29) is 11.4 Å². The average molecular weight is 254 g/mol. The zero-order valence-electron chi connectivity index (χ0n) is 10.9. The molecule has 0 aliphatic carbocycles. The summed E-state index contributed by atoms with van der Waals surface area (Å²) >= 11 is 0. The van der Waals surface area contributed by atoms with Gasteiger partial charge < -0.3 is 9.64 Å². The fourth-order valence-corrected chi connectivity index (χ4v) is 1.68. The molecule has 3 nitrogen and oxygen atoms in total. The van der Waals surface area contributed by atoms with Crippen molar-refractivity contribution < 1.29 is 13.5 Å². The van der Waals surface area contributed by atoms with Crippen LogP contribution >= 0.6 is 0 Å². The molecule has 0 aliphatic heterocycles. The summed E-state index contributed by atoms with van der Waals surface area (Å²) < 4.78 is 32.0. The van der Waals surface area contributed by atoms with Gasteiger partial charge in [-0.1, -0.05) is 0 Å². The topological polar surface area (TPSA) is 36.3 Å². The van der Waals surface area contributed by atoms with Crippen LogP contribution in [0.4, 0.5) is 14.5 Å². The van der Waals surface area contributed by atoms with Crippen molar-refractivity contribution >= 4 is 5.69 Å². The van der Waals surface area contributed by atoms with E-state index in [0.29, 0.717) is 6.54 Å². The van der Waals surface area contributed by atoms with Crippen molar-refractivity contribution in [2.75, 3.05) is 25.6 Å². The molecule has 0 saturated carbocycles. The summed E-state index contributed by atoms with van der Waals surface area (Å²) in [6.45, 7) is 3.77. The van der Waals surface area contributed by atoms with E-state index in [1.165, 1.54) is 12.0 Å². The third-order valence-corrected chi connectivity index (χ3v) is 2.57. The minimum atomic E-state index is -0.641. The number of anilines is 1. The molecule has 0 aromatic heterocycles. The molecule has 98 valence electrons. The first kappa shape index (κ1) is 14.2. The lowest BCUT2D eigenvalue weighted by atomic mass is 9.95. The lowest BCUT2D eigenvalue weighted by Gasteiger charge is -2.26. The number of benzene rings is 1. The van der Waals surface area contributed by atoms with E-state index >= 15 is 0 Å². The predicted octanol–water partition coefficient (Wildman–Crippen LogP) is 2.96. The highest BCUT2D eigenvalue weighted by molar-refractivity contribution is 5.51. The van der Waals surface area contributed by atoms with Gasteiger partial charge in [-0.15, -0.1) is 0 Å². The van der Waals surface area contributed by atoms with Gasteiger partial charge in [-0.2, -0.15) is 5.26 Å². The van der Waals surface area contributed by atoms with E-state index in [9.17, 15) is 8.78 Å². The quantitative estimate of drug-likeness (QED) is 0.828. The Morgan fingerprint density at radius 2 is 1.94 bits per heavy atom. The molecule has 0 atom stereocenters. The fourth-order valence-electron chi connectivity index (χ4n) is 1.68. The highest BCUT2D eigenvalue weighted by Gasteiger charge is 2.22. The summed E-state index contributed by atoms with van der Waals surface area (Å²) in [5.41, 5.74) is -0.533. The second kappa shape index (κ2) is 5.21. The van der Waals surface area contributed by atoms with Crippen molar-refractivity contribution in [2.24, 2.45) is 5.41 Å². The Balaban J connectivity index is 3.04. The van der Waals surface area contributed by atoms with Gasteiger partial charge in [0.1, 0.15) is 5.82 Å². The third-order valence-electron chi connectivity index (χ3n) is 2.57. The number of hydrogen-bond acceptors (Lipinski definition) is 3. The van der Waals surface area contributed by atoms with Crippen LogP contribution in [0.2, 0.25) is 0 Å². The molecule has 0 amide bonds. The number of ether oxygens (including phenoxy) is 1. The van der Waals surface area contributed by atoms with Gasteiger partial charge in [0.05, 0.1) is 24.3 Å². The number of halogens is 2. The third kappa shape index (κ3) is 3.10. The molecule has 0 spiro atoms. The molecular formula is C13H16F2N2O. The minimum absolute atomic E-state index is 0.108. The standard InChI is InChI=1S/C13H16F2N2O/c1-13(2,7-16)8-17(3)11-5-10(15)12(18-4)6-9(11)14/h5-6H,8H2,1-4H3. The maximum atomic E-state index is 13.8. The van der Waals surface area contributed by atoms with Crippen LogP contribution < -0.4 is 9.64 Å². The van der Waals surface area contributed by atoms with E-state index in [2.05, 4.69) is 6.07 Å². The SMILES string of the molecule is COc1cc(F)c(N(C)CC(C)(C)C#N)cc1F. The number of hydrogen-bond donors (Lipinski definition) is 0. The first-order valence-corrected chi connectivity index (χ1v) is 5.46. The highest BCUT2D eigenvalue weighted by atomic mass is 19.1. The lowest BCUT2D eigenvalue weighted by Crippen LogP contribution is -2.30. The summed E-state index contributed by atoms with van der Waals surface area (Å²) in [5, 5.41) is 8.93. The Labute approximate surface area is 106 Å². The fraction of sp³-hybridized carbons (Fsp3) is 0.462. The van der Waals surface area contributed by atoms with Crippen molar-refractivity contribution in [2.45, 2.75) is 13.8 Å². The molecule has 0 bridgehead atoms. The van der Waals surface area contributed by atoms with Gasteiger partial charge in [0, 0.05) is 25.7 Å². The second-order valence-electron chi connectivity index (χ2n) is 4.79. The summed E-state index contributed by atoms with van der Waals surface area (Å²) in [6.07, 6.45) is 0. The molecule has 0 heterocycles. The van der Waals surface area contributed by atoms with Gasteiger partial charge in [0.25, 0.3) is 0 Å². The van der Waals surface area contributed by atoms with Crippen LogP contribution in [0.15, 0.2) is 12.1 Å². The smallest absolute Gasteiger partial charge is 0.167 e. The van der Waals surface area contributed by atoms with Gasteiger partial charge in [-0.05, 0) is 13.8 Å². The average Bonchev–Trinajstić information content (AvgIpc) is 2.30. The molecule has 0 radical (unpaired) electrons. The van der Waals surface area contributed by atoms with Crippen molar-refractivity contribution in [1.82, 2.24) is 0 Å². The number of rotatable bonds is 4. The molecule has 0 unspecified atom stereocenters. The zero-order chi connectivity index (χ0) is 13.9. The van der Waals surface area contributed by atoms with Gasteiger partial charge in [0.2, 0.25) is 0 Å². The largest absolute Gasteiger partial charge is 0.494 e. The maximum absolute atomic E-state index is 13.8. The van der Waals surface area contributed by atoms with Crippen LogP contribution in [-0.4, -0.2) is 20.7 Å². The monoisotopic (exact) mass is 254 g/mol. The summed E-state index contributed by atoms with van der Waals surface area (Å²) in [4.78, 5) is 1.51. The Bertz CT molecular complexity index is 481. The molecule has 1 aromatic carbocycles. The minimum Gasteiger partial charge on any atom is -0.494 e. The van der Waals surface area contributed by atoms with Crippen LogP contribution in [0.1, 0.15) is 13.8 Å². The van der Waals surface area contributed by atoms with Crippen molar-refractivity contribution in [3.63, 3.8) is 0 Å². The summed E-state index contributed by atoms with van der Waals surface area (Å²) in [6, 6.07) is 4.19. The van der Waals surface area contributed by atoms with Crippen LogP contribution in [-0.2, 0) is 0 Å². The Morgan fingerprint density at radius 3 is 2.44 bits per heavy atom. The Hall–Kier alpha value is -1.83. The second-order valence-corrected chi connectivity index (χ2v) is 4.79. The first-order valence-electron chi connectivity index (χ1n) is 5.46. The molecule has 0 N–H and O–H groups in total. The van der Waals surface area contributed by atoms with Gasteiger partial charge in [0.15, 0.2) is 11.6 Å². The molecule has 0 fully saturated rings. The molecule has 0 aliphatic rings. The Kier molecular flexibility index (Phi) is 4.12. The molecule has 18 heavy (non-hydrogen) atoms. The predicted molar refractivity (Wildman–Crippen MR) is 65.6 cm³/mol. The summed E-state index contributed by atoms with van der Waals surface area (Å²) in [7, 11) is 2.89. The van der Waals surface area contributed by atoms with Crippen LogP contribution in [0, 0.1) is 28.4 Å². The van der Waals surface area contributed by atoms with E-state index in [0.717, 1.165) is 12.1 Å².